The summed E-state index contributed by atoms with van der Waals surface area (Å²) in [6.45, 7) is 2.38. The van der Waals surface area contributed by atoms with Crippen LogP contribution >= 0.6 is 10.6 Å². The average molecular weight is 480 g/mol. The van der Waals surface area contributed by atoms with Crippen LogP contribution in [0.15, 0.2) is 64.7 Å². The van der Waals surface area contributed by atoms with Crippen LogP contribution in [0.25, 0.3) is 33.0 Å². The molecule has 34 heavy (non-hydrogen) atoms. The topological polar surface area (TPSA) is 89.5 Å². The molecule has 1 aliphatic rings. The number of benzene rings is 2. The summed E-state index contributed by atoms with van der Waals surface area (Å²) in [4.78, 5) is 13.5. The van der Waals surface area contributed by atoms with Gasteiger partial charge in [-0.25, -0.2) is 0 Å². The normalized spacial score (nSPS) is 14.5. The Hall–Kier alpha value is -3.07. The fourth-order valence-corrected chi connectivity index (χ4v) is 5.06. The number of aromatic nitrogens is 3. The standard InChI is InChI=1S/C26H29N3O4S/c1-4-34(31,32)20-8-10-25(33-16-17-5-6-17)23(12-20)24-15-28(2)26(30)21-9-7-18(11-22(21)24)19-13-27-29(3)14-19/h7-15,17,31-32H,4-6,16H2,1-3H3. The molecule has 2 aromatic heterocycles. The van der Waals surface area contributed by atoms with Gasteiger partial charge in [-0.05, 0) is 67.0 Å². The number of hydrogen-bond acceptors (Lipinski definition) is 5. The lowest BCUT2D eigenvalue weighted by Crippen LogP contribution is -2.16. The van der Waals surface area contributed by atoms with E-state index >= 15 is 0 Å². The number of fused-ring (bicyclic) bond motifs is 1. The Kier molecular flexibility index (Phi) is 5.75. The third kappa shape index (κ3) is 4.24. The van der Waals surface area contributed by atoms with Crippen molar-refractivity contribution in [2.75, 3.05) is 12.4 Å². The van der Waals surface area contributed by atoms with Gasteiger partial charge >= 0.3 is 0 Å². The van der Waals surface area contributed by atoms with Crippen molar-refractivity contribution in [2.24, 2.45) is 20.0 Å². The van der Waals surface area contributed by atoms with E-state index in [4.69, 9.17) is 4.74 Å². The van der Waals surface area contributed by atoms with Gasteiger partial charge in [0.1, 0.15) is 5.75 Å². The van der Waals surface area contributed by atoms with Crippen molar-refractivity contribution in [2.45, 2.75) is 24.7 Å². The van der Waals surface area contributed by atoms with Gasteiger partial charge in [-0.3, -0.25) is 18.6 Å². The Labute approximate surface area is 200 Å². The molecule has 0 spiro atoms. The van der Waals surface area contributed by atoms with E-state index in [2.05, 4.69) is 5.10 Å². The van der Waals surface area contributed by atoms with Crippen LogP contribution in [0.1, 0.15) is 19.8 Å². The second kappa shape index (κ2) is 8.61. The van der Waals surface area contributed by atoms with Crippen LogP contribution in [0.2, 0.25) is 0 Å². The number of rotatable bonds is 7. The first kappa shape index (κ1) is 22.7. The maximum Gasteiger partial charge on any atom is 0.258 e. The number of nitrogens with zero attached hydrogens (tertiary/aromatic N) is 3. The Morgan fingerprint density at radius 3 is 2.50 bits per heavy atom. The number of hydrogen-bond donors (Lipinski definition) is 2. The summed E-state index contributed by atoms with van der Waals surface area (Å²) in [5.41, 5.74) is 3.36. The molecular formula is C26H29N3O4S. The molecule has 0 radical (unpaired) electrons. The summed E-state index contributed by atoms with van der Waals surface area (Å²) < 4.78 is 30.8. The zero-order valence-corrected chi connectivity index (χ0v) is 20.4. The minimum atomic E-state index is -2.92. The number of pyridine rings is 1. The largest absolute Gasteiger partial charge is 0.493 e. The predicted molar refractivity (Wildman–Crippen MR) is 137 cm³/mol. The Morgan fingerprint density at radius 1 is 1.03 bits per heavy atom. The molecule has 0 aliphatic heterocycles. The van der Waals surface area contributed by atoms with Gasteiger partial charge in [-0.15, -0.1) is 0 Å². The molecule has 2 N–H and O–H groups in total. The minimum absolute atomic E-state index is 0.0917. The van der Waals surface area contributed by atoms with Crippen LogP contribution in [0.4, 0.5) is 0 Å². The summed E-state index contributed by atoms with van der Waals surface area (Å²) in [5.74, 6) is 1.47. The lowest BCUT2D eigenvalue weighted by molar-refractivity contribution is 0.301. The van der Waals surface area contributed by atoms with Crippen molar-refractivity contribution in [1.29, 1.82) is 0 Å². The maximum absolute atomic E-state index is 13.0. The van der Waals surface area contributed by atoms with Crippen molar-refractivity contribution in [3.05, 3.63) is 65.3 Å². The SMILES string of the molecule is CCS(O)(O)c1ccc(OCC2CC2)c(-c2cn(C)c(=O)c3ccc(-c4cnn(C)c4)cc23)c1. The molecule has 0 saturated heterocycles. The van der Waals surface area contributed by atoms with Crippen LogP contribution < -0.4 is 10.3 Å². The fraction of sp³-hybridized carbons (Fsp3) is 0.308. The molecule has 0 atom stereocenters. The third-order valence-corrected chi connectivity index (χ3v) is 8.23. The van der Waals surface area contributed by atoms with Crippen LogP contribution in [0.5, 0.6) is 5.75 Å². The molecule has 7 nitrogen and oxygen atoms in total. The van der Waals surface area contributed by atoms with Crippen LogP contribution in [0, 0.1) is 5.92 Å². The Balaban J connectivity index is 1.75. The van der Waals surface area contributed by atoms with Gasteiger partial charge in [-0.2, -0.15) is 15.7 Å². The van der Waals surface area contributed by atoms with Crippen molar-refractivity contribution in [3.8, 4) is 28.0 Å². The third-order valence-electron chi connectivity index (χ3n) is 6.41. The molecule has 1 aliphatic carbocycles. The molecule has 2 aromatic carbocycles. The van der Waals surface area contributed by atoms with Crippen LogP contribution in [-0.2, 0) is 14.1 Å². The molecule has 4 aromatic rings. The minimum Gasteiger partial charge on any atom is -0.493 e. The van der Waals surface area contributed by atoms with E-state index in [-0.39, 0.29) is 11.3 Å². The molecule has 0 unspecified atom stereocenters. The number of aryl methyl sites for hydroxylation is 2. The van der Waals surface area contributed by atoms with Gasteiger partial charge < -0.3 is 9.30 Å². The van der Waals surface area contributed by atoms with E-state index < -0.39 is 10.6 Å². The van der Waals surface area contributed by atoms with E-state index in [9.17, 15) is 13.9 Å². The van der Waals surface area contributed by atoms with Gasteiger partial charge in [0.2, 0.25) is 0 Å². The van der Waals surface area contributed by atoms with Gasteiger partial charge in [0.25, 0.3) is 5.56 Å². The van der Waals surface area contributed by atoms with Crippen molar-refractivity contribution in [3.63, 3.8) is 0 Å². The first-order chi connectivity index (χ1) is 16.3. The number of ether oxygens (including phenoxy) is 1. The average Bonchev–Trinajstić information content (AvgIpc) is 3.57. The molecule has 178 valence electrons. The fourth-order valence-electron chi connectivity index (χ4n) is 4.14. The van der Waals surface area contributed by atoms with Crippen molar-refractivity contribution in [1.82, 2.24) is 14.3 Å². The highest BCUT2D eigenvalue weighted by Gasteiger charge is 2.24. The Morgan fingerprint density at radius 2 is 1.82 bits per heavy atom. The summed E-state index contributed by atoms with van der Waals surface area (Å²) in [7, 11) is 0.679. The quantitative estimate of drug-likeness (QED) is 0.364. The van der Waals surface area contributed by atoms with Gasteiger partial charge in [0.05, 0.1) is 17.7 Å². The second-order valence-electron chi connectivity index (χ2n) is 8.99. The van der Waals surface area contributed by atoms with Crippen LogP contribution in [-0.4, -0.2) is 35.8 Å². The Bertz CT molecular complexity index is 1440. The lowest BCUT2D eigenvalue weighted by atomic mass is 9.97. The highest BCUT2D eigenvalue weighted by Crippen LogP contribution is 2.50. The molecule has 1 fully saturated rings. The highest BCUT2D eigenvalue weighted by atomic mass is 32.3. The molecule has 0 amide bonds. The zero-order valence-electron chi connectivity index (χ0n) is 19.6. The maximum atomic E-state index is 13.0. The molecular weight excluding hydrogens is 450 g/mol. The van der Waals surface area contributed by atoms with Gasteiger partial charge in [0, 0.05) is 54.3 Å². The van der Waals surface area contributed by atoms with E-state index in [0.29, 0.717) is 28.6 Å². The monoisotopic (exact) mass is 479 g/mol. The molecule has 1 saturated carbocycles. The van der Waals surface area contributed by atoms with E-state index in [0.717, 1.165) is 27.6 Å². The molecule has 8 heteroatoms. The molecule has 2 heterocycles. The smallest absolute Gasteiger partial charge is 0.258 e. The van der Waals surface area contributed by atoms with E-state index in [1.165, 1.54) is 12.8 Å². The molecule has 5 rings (SSSR count). The van der Waals surface area contributed by atoms with E-state index in [1.807, 2.05) is 37.5 Å². The predicted octanol–water partition coefficient (Wildman–Crippen LogP) is 5.52. The first-order valence-electron chi connectivity index (χ1n) is 11.4. The van der Waals surface area contributed by atoms with Gasteiger partial charge in [-0.1, -0.05) is 6.07 Å². The van der Waals surface area contributed by atoms with Crippen LogP contribution in [0.3, 0.4) is 0 Å². The summed E-state index contributed by atoms with van der Waals surface area (Å²) in [6.07, 6.45) is 7.87. The van der Waals surface area contributed by atoms with Crippen molar-refractivity contribution < 1.29 is 13.8 Å². The summed E-state index contributed by atoms with van der Waals surface area (Å²) >= 11 is 0. The highest BCUT2D eigenvalue weighted by molar-refractivity contribution is 8.24. The van der Waals surface area contributed by atoms with Gasteiger partial charge in [0.15, 0.2) is 0 Å². The second-order valence-corrected chi connectivity index (χ2v) is 11.4. The summed E-state index contributed by atoms with van der Waals surface area (Å²) in [6, 6.07) is 11.1. The summed E-state index contributed by atoms with van der Waals surface area (Å²) in [5, 5.41) is 5.65. The first-order valence-corrected chi connectivity index (χ1v) is 13.1. The molecule has 0 bridgehead atoms. The van der Waals surface area contributed by atoms with Crippen molar-refractivity contribution >= 4 is 21.4 Å². The van der Waals surface area contributed by atoms with E-state index in [1.54, 1.807) is 47.7 Å². The zero-order chi connectivity index (χ0) is 24.0. The lowest BCUT2D eigenvalue weighted by Gasteiger charge is -2.31.